The normalized spacial score (nSPS) is 12.4. The van der Waals surface area contributed by atoms with Crippen LogP contribution in [0.25, 0.3) is 0 Å². The summed E-state index contributed by atoms with van der Waals surface area (Å²) in [5, 5.41) is 2.58. The predicted molar refractivity (Wildman–Crippen MR) is 92.1 cm³/mol. The number of nitrogens with zero attached hydrogens (tertiary/aromatic N) is 1. The lowest BCUT2D eigenvalue weighted by atomic mass is 10.0. The Morgan fingerprint density at radius 2 is 1.72 bits per heavy atom. The molecule has 1 heterocycles. The third-order valence-electron chi connectivity index (χ3n) is 3.45. The summed E-state index contributed by atoms with van der Waals surface area (Å²) in [5.74, 6) is -1.56. The molecule has 0 aliphatic rings. The first-order valence-corrected chi connectivity index (χ1v) is 9.12. The number of carbonyl (C=O) groups is 2. The van der Waals surface area contributed by atoms with E-state index < -0.39 is 27.9 Å². The van der Waals surface area contributed by atoms with E-state index in [-0.39, 0.29) is 10.8 Å². The van der Waals surface area contributed by atoms with Crippen LogP contribution >= 0.6 is 0 Å². The molecule has 0 aliphatic carbocycles. The van der Waals surface area contributed by atoms with Gasteiger partial charge in [-0.25, -0.2) is 13.1 Å². The summed E-state index contributed by atoms with van der Waals surface area (Å²) in [4.78, 5) is 28.3. The van der Waals surface area contributed by atoms with Crippen molar-refractivity contribution in [2.75, 3.05) is 0 Å². The Morgan fingerprint density at radius 3 is 2.28 bits per heavy atom. The Balaban J connectivity index is 2.15. The molecule has 2 amide bonds. The zero-order valence-corrected chi connectivity index (χ0v) is 14.7. The van der Waals surface area contributed by atoms with Crippen molar-refractivity contribution in [1.82, 2.24) is 15.0 Å². The summed E-state index contributed by atoms with van der Waals surface area (Å²) in [5.41, 5.74) is 0.385. The number of amides is 2. The van der Waals surface area contributed by atoms with E-state index in [1.54, 1.807) is 44.2 Å². The van der Waals surface area contributed by atoms with Gasteiger partial charge in [0.25, 0.3) is 21.8 Å². The lowest BCUT2D eigenvalue weighted by molar-refractivity contribution is -0.122. The molecule has 2 rings (SSSR count). The van der Waals surface area contributed by atoms with E-state index in [9.17, 15) is 18.0 Å². The van der Waals surface area contributed by atoms with Gasteiger partial charge in [0.05, 0.1) is 0 Å². The van der Waals surface area contributed by atoms with Gasteiger partial charge in [0.2, 0.25) is 0 Å². The first kappa shape index (κ1) is 18.6. The number of sulfonamides is 1. The van der Waals surface area contributed by atoms with Crippen molar-refractivity contribution in [1.29, 1.82) is 0 Å². The van der Waals surface area contributed by atoms with E-state index in [2.05, 4.69) is 10.3 Å². The molecule has 0 saturated carbocycles. The van der Waals surface area contributed by atoms with Crippen LogP contribution in [0.15, 0.2) is 59.8 Å². The van der Waals surface area contributed by atoms with Gasteiger partial charge < -0.3 is 5.32 Å². The summed E-state index contributed by atoms with van der Waals surface area (Å²) in [7, 11) is -4.05. The van der Waals surface area contributed by atoms with Crippen molar-refractivity contribution in [2.45, 2.75) is 24.8 Å². The summed E-state index contributed by atoms with van der Waals surface area (Å²) in [6, 6.07) is 10.2. The highest BCUT2D eigenvalue weighted by Gasteiger charge is 2.28. The zero-order valence-electron chi connectivity index (χ0n) is 13.8. The second-order valence-corrected chi connectivity index (χ2v) is 7.40. The van der Waals surface area contributed by atoms with Crippen molar-refractivity contribution in [3.63, 3.8) is 0 Å². The molecule has 0 saturated heterocycles. The van der Waals surface area contributed by atoms with Crippen molar-refractivity contribution in [2.24, 2.45) is 5.92 Å². The van der Waals surface area contributed by atoms with E-state index in [0.717, 1.165) is 6.20 Å². The van der Waals surface area contributed by atoms with Crippen LogP contribution in [0.2, 0.25) is 0 Å². The SMILES string of the molecule is CC(C)C(NC(=O)c1ccccc1)C(=O)NS(=O)(=O)c1cccnc1. The third-order valence-corrected chi connectivity index (χ3v) is 4.78. The number of aromatic nitrogens is 1. The van der Waals surface area contributed by atoms with Crippen LogP contribution in [0.4, 0.5) is 0 Å². The number of carbonyl (C=O) groups excluding carboxylic acids is 2. The van der Waals surface area contributed by atoms with Gasteiger partial charge >= 0.3 is 0 Å². The van der Waals surface area contributed by atoms with Crippen molar-refractivity contribution >= 4 is 21.8 Å². The number of hydrogen-bond donors (Lipinski definition) is 2. The molecule has 132 valence electrons. The van der Waals surface area contributed by atoms with Crippen LogP contribution in [-0.4, -0.2) is 31.3 Å². The lowest BCUT2D eigenvalue weighted by Crippen LogP contribution is -2.51. The molecule has 0 spiro atoms. The van der Waals surface area contributed by atoms with Crippen LogP contribution in [0.5, 0.6) is 0 Å². The Bertz CT molecular complexity index is 837. The second kappa shape index (κ2) is 7.89. The quantitative estimate of drug-likeness (QED) is 0.808. The molecule has 2 aromatic rings. The molecule has 0 bridgehead atoms. The molecule has 1 aromatic carbocycles. The molecule has 2 N–H and O–H groups in total. The Morgan fingerprint density at radius 1 is 1.04 bits per heavy atom. The van der Waals surface area contributed by atoms with Crippen LogP contribution in [0.3, 0.4) is 0 Å². The highest BCUT2D eigenvalue weighted by Crippen LogP contribution is 2.09. The van der Waals surface area contributed by atoms with Crippen molar-refractivity contribution < 1.29 is 18.0 Å². The summed E-state index contributed by atoms with van der Waals surface area (Å²) in [6.45, 7) is 3.43. The van der Waals surface area contributed by atoms with E-state index in [0.29, 0.717) is 5.56 Å². The number of hydrogen-bond acceptors (Lipinski definition) is 5. The molecule has 1 aromatic heterocycles. The highest BCUT2D eigenvalue weighted by molar-refractivity contribution is 7.90. The fourth-order valence-corrected chi connectivity index (χ4v) is 3.08. The minimum atomic E-state index is -4.05. The topological polar surface area (TPSA) is 105 Å². The largest absolute Gasteiger partial charge is 0.340 e. The molecule has 8 heteroatoms. The molecule has 25 heavy (non-hydrogen) atoms. The van der Waals surface area contributed by atoms with Crippen molar-refractivity contribution in [3.8, 4) is 0 Å². The Kier molecular flexibility index (Phi) is 5.87. The molecular formula is C17H19N3O4S. The fraction of sp³-hybridized carbons (Fsp3) is 0.235. The molecule has 0 radical (unpaired) electrons. The summed E-state index contributed by atoms with van der Waals surface area (Å²) < 4.78 is 26.5. The number of pyridine rings is 1. The maximum Gasteiger partial charge on any atom is 0.265 e. The maximum atomic E-state index is 12.4. The van der Waals surface area contributed by atoms with Crippen molar-refractivity contribution in [3.05, 3.63) is 60.4 Å². The average molecular weight is 361 g/mol. The monoisotopic (exact) mass is 361 g/mol. The summed E-state index contributed by atoms with van der Waals surface area (Å²) >= 11 is 0. The minimum absolute atomic E-state index is 0.125. The fourth-order valence-electron chi connectivity index (χ4n) is 2.11. The molecule has 0 aliphatic heterocycles. The smallest absolute Gasteiger partial charge is 0.265 e. The minimum Gasteiger partial charge on any atom is -0.340 e. The highest BCUT2D eigenvalue weighted by atomic mass is 32.2. The number of benzene rings is 1. The van der Waals surface area contributed by atoms with Gasteiger partial charge in [-0.3, -0.25) is 14.6 Å². The van der Waals surface area contributed by atoms with Gasteiger partial charge in [0, 0.05) is 18.0 Å². The van der Waals surface area contributed by atoms with E-state index in [4.69, 9.17) is 0 Å². The first-order valence-electron chi connectivity index (χ1n) is 7.64. The van der Waals surface area contributed by atoms with Gasteiger partial charge in [0.1, 0.15) is 10.9 Å². The number of rotatable bonds is 6. The van der Waals surface area contributed by atoms with E-state index >= 15 is 0 Å². The van der Waals surface area contributed by atoms with Crippen LogP contribution in [-0.2, 0) is 14.8 Å². The second-order valence-electron chi connectivity index (χ2n) is 5.72. The van der Waals surface area contributed by atoms with Crippen LogP contribution < -0.4 is 10.0 Å². The van der Waals surface area contributed by atoms with E-state index in [1.807, 2.05) is 4.72 Å². The predicted octanol–water partition coefficient (Wildman–Crippen LogP) is 1.34. The van der Waals surface area contributed by atoms with Gasteiger partial charge in [-0.05, 0) is 30.2 Å². The molecule has 1 unspecified atom stereocenters. The van der Waals surface area contributed by atoms with Gasteiger partial charge in [-0.1, -0.05) is 32.0 Å². The van der Waals surface area contributed by atoms with Gasteiger partial charge in [-0.2, -0.15) is 0 Å². The van der Waals surface area contributed by atoms with Crippen LogP contribution in [0.1, 0.15) is 24.2 Å². The Labute approximate surface area is 146 Å². The Hall–Kier alpha value is -2.74. The molecule has 7 nitrogen and oxygen atoms in total. The first-order chi connectivity index (χ1) is 11.8. The average Bonchev–Trinajstić information content (AvgIpc) is 2.60. The standard InChI is InChI=1S/C17H19N3O4S/c1-12(2)15(19-16(21)13-7-4-3-5-8-13)17(22)20-25(23,24)14-9-6-10-18-11-14/h3-12,15H,1-2H3,(H,19,21)(H,20,22). The molecule has 0 fully saturated rings. The molecular weight excluding hydrogens is 342 g/mol. The lowest BCUT2D eigenvalue weighted by Gasteiger charge is -2.21. The number of nitrogens with one attached hydrogen (secondary N) is 2. The molecule has 1 atom stereocenters. The van der Waals surface area contributed by atoms with Crippen LogP contribution in [0, 0.1) is 5.92 Å². The third kappa shape index (κ3) is 4.87. The maximum absolute atomic E-state index is 12.4. The van der Waals surface area contributed by atoms with E-state index in [1.165, 1.54) is 18.3 Å². The van der Waals surface area contributed by atoms with Gasteiger partial charge in [0.15, 0.2) is 0 Å². The summed E-state index contributed by atoms with van der Waals surface area (Å²) in [6.07, 6.45) is 2.57. The van der Waals surface area contributed by atoms with Gasteiger partial charge in [-0.15, -0.1) is 0 Å². The zero-order chi connectivity index (χ0) is 18.4.